The van der Waals surface area contributed by atoms with Crippen LogP contribution < -0.4 is 26.4 Å². The summed E-state index contributed by atoms with van der Waals surface area (Å²) in [6.07, 6.45) is 4.05. The smallest absolute Gasteiger partial charge is 0.243 e. The number of amides is 3. The zero-order valence-electron chi connectivity index (χ0n) is 22.5. The zero-order chi connectivity index (χ0) is 28.0. The van der Waals surface area contributed by atoms with Crippen molar-refractivity contribution in [2.75, 3.05) is 6.61 Å². The molecule has 1 heterocycles. The number of nitrogens with one attached hydrogen (secondary N) is 3. The van der Waals surface area contributed by atoms with Crippen molar-refractivity contribution >= 4 is 17.7 Å². The maximum atomic E-state index is 13.5. The number of nitrogens with two attached hydrogens (primary N) is 1. The number of pyridine rings is 1. The molecule has 3 aromatic rings. The van der Waals surface area contributed by atoms with E-state index in [1.807, 2.05) is 61.5 Å². The predicted molar refractivity (Wildman–Crippen MR) is 150 cm³/mol. The van der Waals surface area contributed by atoms with Gasteiger partial charge in [-0.1, -0.05) is 49.4 Å². The van der Waals surface area contributed by atoms with Crippen LogP contribution in [0.5, 0.6) is 5.75 Å². The molecule has 0 bridgehead atoms. The first kappa shape index (κ1) is 29.3. The third-order valence-corrected chi connectivity index (χ3v) is 6.17. The first-order chi connectivity index (χ1) is 18.9. The number of hydrogen-bond donors (Lipinski definition) is 4. The molecule has 1 aromatic heterocycles. The van der Waals surface area contributed by atoms with Gasteiger partial charge in [-0.2, -0.15) is 0 Å². The van der Waals surface area contributed by atoms with Gasteiger partial charge < -0.3 is 26.4 Å². The fraction of sp³-hybridized carbons (Fsp3) is 0.333. The summed E-state index contributed by atoms with van der Waals surface area (Å²) in [5, 5.41) is 8.58. The normalized spacial score (nSPS) is 12.2. The van der Waals surface area contributed by atoms with Crippen molar-refractivity contribution in [1.82, 2.24) is 20.9 Å². The Hall–Kier alpha value is -4.24. The highest BCUT2D eigenvalue weighted by molar-refractivity contribution is 5.92. The number of rotatable bonds is 14. The molecular weight excluding hydrogens is 494 g/mol. The second kappa shape index (κ2) is 15.2. The van der Waals surface area contributed by atoms with Crippen LogP contribution in [-0.4, -0.2) is 41.4 Å². The van der Waals surface area contributed by atoms with E-state index < -0.39 is 18.0 Å². The molecule has 0 saturated carbocycles. The summed E-state index contributed by atoms with van der Waals surface area (Å²) in [5.41, 5.74) is 9.23. The minimum Gasteiger partial charge on any atom is -0.494 e. The Morgan fingerprint density at radius 1 is 0.821 bits per heavy atom. The average molecular weight is 532 g/mol. The van der Waals surface area contributed by atoms with Crippen LogP contribution in [0.2, 0.25) is 0 Å². The number of benzene rings is 2. The maximum absolute atomic E-state index is 13.5. The van der Waals surface area contributed by atoms with Gasteiger partial charge in [0.25, 0.3) is 0 Å². The number of carbonyl (C=O) groups is 3. The van der Waals surface area contributed by atoms with Gasteiger partial charge in [0.1, 0.15) is 17.8 Å². The van der Waals surface area contributed by atoms with Crippen molar-refractivity contribution in [3.8, 4) is 5.75 Å². The van der Waals surface area contributed by atoms with Gasteiger partial charge in [0.15, 0.2) is 0 Å². The quantitative estimate of drug-likeness (QED) is 0.252. The Balaban J connectivity index is 1.75. The van der Waals surface area contributed by atoms with Crippen LogP contribution in [-0.2, 0) is 40.3 Å². The number of ether oxygens (including phenoxy) is 1. The van der Waals surface area contributed by atoms with Crippen LogP contribution in [0.15, 0.2) is 73.1 Å². The molecular formula is C30H37N5O4. The first-order valence-corrected chi connectivity index (χ1v) is 13.2. The van der Waals surface area contributed by atoms with Gasteiger partial charge in [-0.05, 0) is 47.4 Å². The van der Waals surface area contributed by atoms with Crippen LogP contribution in [0.3, 0.4) is 0 Å². The SMILES string of the molecule is CCOc1ccc(C[C@H](NC(=O)CC)C(=O)N[C@H](Cc2cccnc2)C(=O)NCc2ccc(CN)cc2)cc1. The molecule has 0 aliphatic carbocycles. The van der Waals surface area contributed by atoms with Crippen LogP contribution in [0.4, 0.5) is 0 Å². The molecule has 206 valence electrons. The van der Waals surface area contributed by atoms with E-state index >= 15 is 0 Å². The molecule has 0 aliphatic heterocycles. The monoisotopic (exact) mass is 531 g/mol. The summed E-state index contributed by atoms with van der Waals surface area (Å²) >= 11 is 0. The Morgan fingerprint density at radius 2 is 1.46 bits per heavy atom. The second-order valence-electron chi connectivity index (χ2n) is 9.12. The molecule has 2 atom stereocenters. The Labute approximate surface area is 229 Å². The molecule has 5 N–H and O–H groups in total. The molecule has 0 saturated heterocycles. The van der Waals surface area contributed by atoms with Gasteiger partial charge in [0, 0.05) is 44.7 Å². The fourth-order valence-corrected chi connectivity index (χ4v) is 3.97. The van der Waals surface area contributed by atoms with Crippen molar-refractivity contribution in [3.63, 3.8) is 0 Å². The van der Waals surface area contributed by atoms with Gasteiger partial charge >= 0.3 is 0 Å². The van der Waals surface area contributed by atoms with E-state index in [1.165, 1.54) is 0 Å². The predicted octanol–water partition coefficient (Wildman–Crippen LogP) is 2.42. The fourth-order valence-electron chi connectivity index (χ4n) is 3.97. The highest BCUT2D eigenvalue weighted by Gasteiger charge is 2.27. The number of carbonyl (C=O) groups excluding carboxylic acids is 3. The largest absolute Gasteiger partial charge is 0.494 e. The maximum Gasteiger partial charge on any atom is 0.243 e. The highest BCUT2D eigenvalue weighted by atomic mass is 16.5. The van der Waals surface area contributed by atoms with Crippen molar-refractivity contribution in [2.24, 2.45) is 5.73 Å². The average Bonchev–Trinajstić information content (AvgIpc) is 2.97. The van der Waals surface area contributed by atoms with Gasteiger partial charge in [-0.25, -0.2) is 0 Å². The standard InChI is InChI=1S/C30H37N5O4/c1-3-28(36)34-27(16-21-11-13-25(14-12-21)39-4-2)30(38)35-26(17-24-6-5-15-32-19-24)29(37)33-20-23-9-7-22(18-31)8-10-23/h5-15,19,26-27H,3-4,16-18,20,31H2,1-2H3,(H,33,37)(H,34,36)(H,35,38)/t26-,27+/m1/s1. The van der Waals surface area contributed by atoms with E-state index in [0.29, 0.717) is 19.7 Å². The summed E-state index contributed by atoms with van der Waals surface area (Å²) in [6, 6.07) is 16.9. The lowest BCUT2D eigenvalue weighted by atomic mass is 10.0. The Kier molecular flexibility index (Phi) is 11.5. The molecule has 0 aliphatic rings. The summed E-state index contributed by atoms with van der Waals surface area (Å²) in [6.45, 7) is 4.92. The summed E-state index contributed by atoms with van der Waals surface area (Å²) < 4.78 is 5.49. The molecule has 9 heteroatoms. The summed E-state index contributed by atoms with van der Waals surface area (Å²) in [4.78, 5) is 43.1. The van der Waals surface area contributed by atoms with Crippen molar-refractivity contribution in [2.45, 2.75) is 58.3 Å². The molecule has 0 fully saturated rings. The molecule has 39 heavy (non-hydrogen) atoms. The van der Waals surface area contributed by atoms with Crippen LogP contribution in [0.1, 0.15) is 42.5 Å². The molecule has 0 radical (unpaired) electrons. The lowest BCUT2D eigenvalue weighted by molar-refractivity contribution is -0.132. The summed E-state index contributed by atoms with van der Waals surface area (Å²) in [5.74, 6) is -0.306. The third kappa shape index (κ3) is 9.54. The molecule has 2 aromatic carbocycles. The van der Waals surface area contributed by atoms with Gasteiger partial charge in [-0.3, -0.25) is 19.4 Å². The Bertz CT molecular complexity index is 1200. The number of aromatic nitrogens is 1. The van der Waals surface area contributed by atoms with Crippen molar-refractivity contribution in [3.05, 3.63) is 95.3 Å². The van der Waals surface area contributed by atoms with Crippen molar-refractivity contribution in [1.29, 1.82) is 0 Å². The van der Waals surface area contributed by atoms with E-state index in [0.717, 1.165) is 28.0 Å². The topological polar surface area (TPSA) is 135 Å². The molecule has 0 unspecified atom stereocenters. The number of nitrogens with zero attached hydrogens (tertiary/aromatic N) is 1. The highest BCUT2D eigenvalue weighted by Crippen LogP contribution is 2.14. The van der Waals surface area contributed by atoms with E-state index in [4.69, 9.17) is 10.5 Å². The lowest BCUT2D eigenvalue weighted by Crippen LogP contribution is -2.55. The van der Waals surface area contributed by atoms with E-state index in [2.05, 4.69) is 20.9 Å². The van der Waals surface area contributed by atoms with E-state index in [1.54, 1.807) is 25.4 Å². The van der Waals surface area contributed by atoms with Gasteiger partial charge in [0.05, 0.1) is 6.61 Å². The van der Waals surface area contributed by atoms with Crippen LogP contribution >= 0.6 is 0 Å². The first-order valence-electron chi connectivity index (χ1n) is 13.2. The molecule has 3 amide bonds. The van der Waals surface area contributed by atoms with Crippen molar-refractivity contribution < 1.29 is 19.1 Å². The zero-order valence-corrected chi connectivity index (χ0v) is 22.5. The number of hydrogen-bond acceptors (Lipinski definition) is 6. The van der Waals surface area contributed by atoms with E-state index in [-0.39, 0.29) is 31.1 Å². The molecule has 0 spiro atoms. The molecule has 3 rings (SSSR count). The van der Waals surface area contributed by atoms with Gasteiger partial charge in [-0.15, -0.1) is 0 Å². The molecule has 9 nitrogen and oxygen atoms in total. The minimum atomic E-state index is -0.869. The minimum absolute atomic E-state index is 0.232. The Morgan fingerprint density at radius 3 is 2.08 bits per heavy atom. The lowest BCUT2D eigenvalue weighted by Gasteiger charge is -2.23. The van der Waals surface area contributed by atoms with Crippen LogP contribution in [0.25, 0.3) is 0 Å². The van der Waals surface area contributed by atoms with E-state index in [9.17, 15) is 14.4 Å². The third-order valence-electron chi connectivity index (χ3n) is 6.17. The second-order valence-corrected chi connectivity index (χ2v) is 9.12. The van der Waals surface area contributed by atoms with Gasteiger partial charge in [0.2, 0.25) is 17.7 Å². The van der Waals surface area contributed by atoms with Crippen LogP contribution in [0, 0.1) is 0 Å². The summed E-state index contributed by atoms with van der Waals surface area (Å²) in [7, 11) is 0.